The van der Waals surface area contributed by atoms with Gasteiger partial charge in [0.2, 0.25) is 11.8 Å². The lowest BCUT2D eigenvalue weighted by Gasteiger charge is -2.05. The molecule has 4 aromatic rings. The second-order valence-corrected chi connectivity index (χ2v) is 5.65. The number of benzene rings is 1. The molecule has 0 spiro atoms. The molecule has 0 bridgehead atoms. The van der Waals surface area contributed by atoms with Crippen LogP contribution in [-0.4, -0.2) is 34.6 Å². The molecule has 8 heteroatoms. The molecule has 0 N–H and O–H groups in total. The van der Waals surface area contributed by atoms with Gasteiger partial charge in [-0.05, 0) is 13.0 Å². The lowest BCUT2D eigenvalue weighted by atomic mass is 10.1. The molecule has 0 atom stereocenters. The van der Waals surface area contributed by atoms with Gasteiger partial charge in [-0.1, -0.05) is 35.5 Å². The first-order chi connectivity index (χ1) is 13.2. The first-order valence-electron chi connectivity index (χ1n) is 8.16. The van der Waals surface area contributed by atoms with Gasteiger partial charge in [0, 0.05) is 11.6 Å². The summed E-state index contributed by atoms with van der Waals surface area (Å²) in [7, 11) is 3.05. The van der Waals surface area contributed by atoms with Gasteiger partial charge in [-0.3, -0.25) is 0 Å². The van der Waals surface area contributed by atoms with E-state index in [-0.39, 0.29) is 5.89 Å². The van der Waals surface area contributed by atoms with Crippen LogP contribution in [0.2, 0.25) is 0 Å². The zero-order valence-corrected chi connectivity index (χ0v) is 15.0. The number of nitrogens with zero attached hydrogens (tertiary/aromatic N) is 4. The van der Waals surface area contributed by atoms with E-state index in [4.69, 9.17) is 18.4 Å². The zero-order chi connectivity index (χ0) is 18.8. The summed E-state index contributed by atoms with van der Waals surface area (Å²) < 4.78 is 21.7. The van der Waals surface area contributed by atoms with Crippen LogP contribution in [0.15, 0.2) is 51.4 Å². The van der Waals surface area contributed by atoms with Crippen molar-refractivity contribution in [2.24, 2.45) is 0 Å². The van der Waals surface area contributed by atoms with E-state index in [0.29, 0.717) is 40.2 Å². The Morgan fingerprint density at radius 1 is 0.889 bits per heavy atom. The van der Waals surface area contributed by atoms with E-state index in [2.05, 4.69) is 20.3 Å². The van der Waals surface area contributed by atoms with Crippen LogP contribution in [0.4, 0.5) is 0 Å². The molecule has 8 nitrogen and oxygen atoms in total. The Kier molecular flexibility index (Phi) is 4.29. The molecule has 0 aliphatic carbocycles. The van der Waals surface area contributed by atoms with Gasteiger partial charge in [0.1, 0.15) is 22.6 Å². The largest absolute Gasteiger partial charge is 0.481 e. The van der Waals surface area contributed by atoms with Crippen molar-refractivity contribution in [1.29, 1.82) is 0 Å². The van der Waals surface area contributed by atoms with Crippen molar-refractivity contribution < 1.29 is 18.4 Å². The Bertz CT molecular complexity index is 1070. The van der Waals surface area contributed by atoms with E-state index < -0.39 is 0 Å². The smallest absolute Gasteiger partial charge is 0.254 e. The van der Waals surface area contributed by atoms with Crippen LogP contribution in [0.1, 0.15) is 5.76 Å². The summed E-state index contributed by atoms with van der Waals surface area (Å²) in [6.45, 7) is 1.80. The minimum Gasteiger partial charge on any atom is -0.481 e. The number of hydrogen-bond acceptors (Lipinski definition) is 8. The Hall–Kier alpha value is -3.68. The van der Waals surface area contributed by atoms with Crippen LogP contribution in [-0.2, 0) is 0 Å². The molecule has 0 amide bonds. The quantitative estimate of drug-likeness (QED) is 0.528. The second-order valence-electron chi connectivity index (χ2n) is 5.65. The van der Waals surface area contributed by atoms with E-state index in [9.17, 15) is 0 Å². The van der Waals surface area contributed by atoms with E-state index in [0.717, 1.165) is 5.56 Å². The molecular formula is C19H16N4O4. The van der Waals surface area contributed by atoms with Crippen LogP contribution in [0.3, 0.4) is 0 Å². The predicted molar refractivity (Wildman–Crippen MR) is 96.3 cm³/mol. The summed E-state index contributed by atoms with van der Waals surface area (Å²) in [5.74, 6) is 1.92. The Labute approximate surface area is 154 Å². The van der Waals surface area contributed by atoms with Crippen molar-refractivity contribution in [2.75, 3.05) is 14.2 Å². The maximum Gasteiger partial charge on any atom is 0.254 e. The first kappa shape index (κ1) is 16.8. The standard InChI is InChI=1S/C19H16N4O4/c1-11-15(16(23-27-11)12-7-5-4-6-8-12)19-22-21-18(26-19)13-9-10-14(24-2)20-17(13)25-3/h4-10H,1-3H3. The number of ether oxygens (including phenoxy) is 2. The average Bonchev–Trinajstić information content (AvgIpc) is 3.34. The maximum atomic E-state index is 5.89. The molecule has 3 aromatic heterocycles. The van der Waals surface area contributed by atoms with Crippen LogP contribution in [0.5, 0.6) is 11.8 Å². The normalized spacial score (nSPS) is 10.8. The first-order valence-corrected chi connectivity index (χ1v) is 8.16. The lowest BCUT2D eigenvalue weighted by Crippen LogP contribution is -1.94. The Morgan fingerprint density at radius 3 is 2.41 bits per heavy atom. The van der Waals surface area contributed by atoms with Crippen molar-refractivity contribution in [3.8, 4) is 45.9 Å². The highest BCUT2D eigenvalue weighted by Crippen LogP contribution is 2.36. The summed E-state index contributed by atoms with van der Waals surface area (Å²) >= 11 is 0. The minimum atomic E-state index is 0.275. The van der Waals surface area contributed by atoms with Crippen molar-refractivity contribution >= 4 is 0 Å². The van der Waals surface area contributed by atoms with Gasteiger partial charge in [0.15, 0.2) is 0 Å². The summed E-state index contributed by atoms with van der Waals surface area (Å²) in [4.78, 5) is 4.24. The summed E-state index contributed by atoms with van der Waals surface area (Å²) in [5, 5.41) is 12.4. The summed E-state index contributed by atoms with van der Waals surface area (Å²) in [6.07, 6.45) is 0. The molecule has 0 aliphatic heterocycles. The van der Waals surface area contributed by atoms with Gasteiger partial charge >= 0.3 is 0 Å². The average molecular weight is 364 g/mol. The molecule has 4 rings (SSSR count). The minimum absolute atomic E-state index is 0.275. The third-order valence-electron chi connectivity index (χ3n) is 4.02. The van der Waals surface area contributed by atoms with Crippen molar-refractivity contribution in [3.63, 3.8) is 0 Å². The van der Waals surface area contributed by atoms with Crippen LogP contribution in [0.25, 0.3) is 34.2 Å². The van der Waals surface area contributed by atoms with Gasteiger partial charge in [-0.15, -0.1) is 10.2 Å². The fourth-order valence-corrected chi connectivity index (χ4v) is 2.71. The monoisotopic (exact) mass is 364 g/mol. The second kappa shape index (κ2) is 6.91. The molecule has 1 aromatic carbocycles. The SMILES string of the molecule is COc1ccc(-c2nnc(-c3c(-c4ccccc4)noc3C)o2)c(OC)n1. The fourth-order valence-electron chi connectivity index (χ4n) is 2.71. The van der Waals surface area contributed by atoms with E-state index in [1.54, 1.807) is 19.1 Å². The van der Waals surface area contributed by atoms with Gasteiger partial charge in [0.25, 0.3) is 11.8 Å². The fraction of sp³-hybridized carbons (Fsp3) is 0.158. The highest BCUT2D eigenvalue weighted by Gasteiger charge is 2.23. The topological polar surface area (TPSA) is 96.3 Å². The third-order valence-corrected chi connectivity index (χ3v) is 4.02. The van der Waals surface area contributed by atoms with Gasteiger partial charge in [-0.25, -0.2) is 0 Å². The van der Waals surface area contributed by atoms with E-state index in [1.807, 2.05) is 30.3 Å². The molecule has 0 fully saturated rings. The van der Waals surface area contributed by atoms with Gasteiger partial charge < -0.3 is 18.4 Å². The predicted octanol–water partition coefficient (Wildman–Crippen LogP) is 3.78. The highest BCUT2D eigenvalue weighted by atomic mass is 16.5. The number of aromatic nitrogens is 4. The highest BCUT2D eigenvalue weighted by molar-refractivity contribution is 5.78. The number of methoxy groups -OCH3 is 2. The van der Waals surface area contributed by atoms with Crippen molar-refractivity contribution in [1.82, 2.24) is 20.3 Å². The molecule has 0 radical (unpaired) electrons. The lowest BCUT2D eigenvalue weighted by molar-refractivity contribution is 0.365. The van der Waals surface area contributed by atoms with Crippen LogP contribution >= 0.6 is 0 Å². The maximum absolute atomic E-state index is 5.89. The number of pyridine rings is 1. The molecule has 0 saturated heterocycles. The number of rotatable bonds is 5. The Morgan fingerprint density at radius 2 is 1.67 bits per heavy atom. The number of aryl methyl sites for hydroxylation is 1. The van der Waals surface area contributed by atoms with E-state index >= 15 is 0 Å². The molecular weight excluding hydrogens is 348 g/mol. The van der Waals surface area contributed by atoms with Gasteiger partial charge in [-0.2, -0.15) is 4.98 Å². The summed E-state index contributed by atoms with van der Waals surface area (Å²) in [6, 6.07) is 13.1. The number of hydrogen-bond donors (Lipinski definition) is 0. The zero-order valence-electron chi connectivity index (χ0n) is 15.0. The van der Waals surface area contributed by atoms with Crippen LogP contribution < -0.4 is 9.47 Å². The molecule has 0 saturated carbocycles. The van der Waals surface area contributed by atoms with Crippen molar-refractivity contribution in [2.45, 2.75) is 6.92 Å². The molecule has 3 heterocycles. The van der Waals surface area contributed by atoms with Crippen molar-refractivity contribution in [3.05, 3.63) is 48.2 Å². The third kappa shape index (κ3) is 3.01. The van der Waals surface area contributed by atoms with Crippen LogP contribution in [0, 0.1) is 6.92 Å². The summed E-state index contributed by atoms with van der Waals surface area (Å²) in [5.41, 5.74) is 2.75. The Balaban J connectivity index is 1.78. The molecule has 136 valence electrons. The molecule has 27 heavy (non-hydrogen) atoms. The van der Waals surface area contributed by atoms with E-state index in [1.165, 1.54) is 14.2 Å². The molecule has 0 aliphatic rings. The molecule has 0 unspecified atom stereocenters. The van der Waals surface area contributed by atoms with Gasteiger partial charge in [0.05, 0.1) is 14.2 Å².